The van der Waals surface area contributed by atoms with E-state index in [1.54, 1.807) is 0 Å². The molecule has 1 aromatic carbocycles. The van der Waals surface area contributed by atoms with Gasteiger partial charge in [0.05, 0.1) is 5.92 Å². The number of nitrogens with two attached hydrogens (primary N) is 2. The molecule has 0 saturated carbocycles. The van der Waals surface area contributed by atoms with Crippen LogP contribution in [0.1, 0.15) is 24.9 Å². The molecule has 0 aromatic heterocycles. The van der Waals surface area contributed by atoms with E-state index in [2.05, 4.69) is 17.0 Å². The zero-order valence-electron chi connectivity index (χ0n) is 10.1. The van der Waals surface area contributed by atoms with E-state index < -0.39 is 0 Å². The first-order valence-electron chi connectivity index (χ1n) is 5.98. The molecular weight excluding hydrogens is 214 g/mol. The maximum atomic E-state index is 11.1. The number of primary amides is 1. The van der Waals surface area contributed by atoms with Crippen LogP contribution in [0.3, 0.4) is 0 Å². The predicted molar refractivity (Wildman–Crippen MR) is 68.6 cm³/mol. The van der Waals surface area contributed by atoms with E-state index in [1.165, 1.54) is 0 Å². The van der Waals surface area contributed by atoms with Crippen LogP contribution in [0.25, 0.3) is 0 Å². The fraction of sp³-hybridized carbons (Fsp3) is 0.462. The van der Waals surface area contributed by atoms with Gasteiger partial charge in [-0.1, -0.05) is 25.1 Å². The second kappa shape index (κ2) is 4.75. The van der Waals surface area contributed by atoms with E-state index in [0.29, 0.717) is 6.54 Å². The summed E-state index contributed by atoms with van der Waals surface area (Å²) in [5.74, 6) is -0.394. The Morgan fingerprint density at radius 2 is 2.24 bits per heavy atom. The molecule has 4 heteroatoms. The summed E-state index contributed by atoms with van der Waals surface area (Å²) in [5.41, 5.74) is 13.7. The number of carbonyl (C=O) groups is 1. The number of benzene rings is 1. The number of para-hydroxylation sites is 1. The standard InChI is InChI=1S/C13H19N3O/c1-9(13(15)17)8-16-7-6-11(14)10-4-2-3-5-12(10)16/h2-5,9,11H,6-8,14H2,1H3,(H2,15,17). The third kappa shape index (κ3) is 2.42. The second-order valence-corrected chi connectivity index (χ2v) is 4.70. The summed E-state index contributed by atoms with van der Waals surface area (Å²) in [6.45, 7) is 3.41. The van der Waals surface area contributed by atoms with Gasteiger partial charge < -0.3 is 16.4 Å². The van der Waals surface area contributed by atoms with Crippen LogP contribution in [-0.4, -0.2) is 19.0 Å². The summed E-state index contributed by atoms with van der Waals surface area (Å²) < 4.78 is 0. The summed E-state index contributed by atoms with van der Waals surface area (Å²) in [5, 5.41) is 0. The molecule has 1 aliphatic rings. The molecule has 0 radical (unpaired) electrons. The van der Waals surface area contributed by atoms with Crippen molar-refractivity contribution in [3.8, 4) is 0 Å². The van der Waals surface area contributed by atoms with Gasteiger partial charge in [-0.15, -0.1) is 0 Å². The third-order valence-corrected chi connectivity index (χ3v) is 3.37. The number of anilines is 1. The zero-order chi connectivity index (χ0) is 12.4. The fourth-order valence-corrected chi connectivity index (χ4v) is 2.27. The molecule has 0 spiro atoms. The summed E-state index contributed by atoms with van der Waals surface area (Å²) >= 11 is 0. The lowest BCUT2D eigenvalue weighted by Gasteiger charge is -2.35. The first-order valence-corrected chi connectivity index (χ1v) is 5.98. The van der Waals surface area contributed by atoms with Gasteiger partial charge in [-0.25, -0.2) is 0 Å². The van der Waals surface area contributed by atoms with Crippen LogP contribution in [0.4, 0.5) is 5.69 Å². The van der Waals surface area contributed by atoms with Crippen molar-refractivity contribution in [2.75, 3.05) is 18.0 Å². The van der Waals surface area contributed by atoms with E-state index in [4.69, 9.17) is 11.5 Å². The molecule has 92 valence electrons. The molecule has 4 nitrogen and oxygen atoms in total. The van der Waals surface area contributed by atoms with Gasteiger partial charge in [0.15, 0.2) is 0 Å². The van der Waals surface area contributed by atoms with Gasteiger partial charge in [0, 0.05) is 24.8 Å². The summed E-state index contributed by atoms with van der Waals surface area (Å²) in [6, 6.07) is 8.22. The van der Waals surface area contributed by atoms with Crippen molar-refractivity contribution in [2.45, 2.75) is 19.4 Å². The lowest BCUT2D eigenvalue weighted by Crippen LogP contribution is -2.39. The van der Waals surface area contributed by atoms with Crippen molar-refractivity contribution in [1.29, 1.82) is 0 Å². The van der Waals surface area contributed by atoms with Crippen molar-refractivity contribution >= 4 is 11.6 Å². The molecule has 17 heavy (non-hydrogen) atoms. The maximum absolute atomic E-state index is 11.1. The van der Waals surface area contributed by atoms with E-state index >= 15 is 0 Å². The first-order chi connectivity index (χ1) is 8.09. The molecule has 1 heterocycles. The van der Waals surface area contributed by atoms with Crippen LogP contribution >= 0.6 is 0 Å². The number of amides is 1. The molecule has 2 atom stereocenters. The van der Waals surface area contributed by atoms with E-state index in [0.717, 1.165) is 24.2 Å². The molecule has 1 aromatic rings. The minimum atomic E-state index is -0.252. The molecule has 1 aliphatic heterocycles. The van der Waals surface area contributed by atoms with Crippen molar-refractivity contribution in [1.82, 2.24) is 0 Å². The van der Waals surface area contributed by atoms with Gasteiger partial charge in [0.2, 0.25) is 5.91 Å². The van der Waals surface area contributed by atoms with Crippen molar-refractivity contribution in [3.05, 3.63) is 29.8 Å². The summed E-state index contributed by atoms with van der Waals surface area (Å²) in [6.07, 6.45) is 0.919. The van der Waals surface area contributed by atoms with Crippen LogP contribution in [-0.2, 0) is 4.79 Å². The van der Waals surface area contributed by atoms with Crippen molar-refractivity contribution in [2.24, 2.45) is 17.4 Å². The minimum Gasteiger partial charge on any atom is -0.370 e. The van der Waals surface area contributed by atoms with Crippen molar-refractivity contribution in [3.63, 3.8) is 0 Å². The second-order valence-electron chi connectivity index (χ2n) is 4.70. The Balaban J connectivity index is 2.21. The van der Waals surface area contributed by atoms with E-state index in [9.17, 15) is 4.79 Å². The van der Waals surface area contributed by atoms with Crippen LogP contribution < -0.4 is 16.4 Å². The molecule has 0 bridgehead atoms. The molecule has 4 N–H and O–H groups in total. The Morgan fingerprint density at radius 1 is 1.53 bits per heavy atom. The first kappa shape index (κ1) is 11.9. The number of hydrogen-bond acceptors (Lipinski definition) is 3. The average Bonchev–Trinajstić information content (AvgIpc) is 2.33. The molecule has 0 aliphatic carbocycles. The number of carbonyl (C=O) groups excluding carboxylic acids is 1. The van der Waals surface area contributed by atoms with E-state index in [1.807, 2.05) is 19.1 Å². The fourth-order valence-electron chi connectivity index (χ4n) is 2.27. The number of rotatable bonds is 3. The third-order valence-electron chi connectivity index (χ3n) is 3.37. The Labute approximate surface area is 102 Å². The van der Waals surface area contributed by atoms with Gasteiger partial charge in [0.25, 0.3) is 0 Å². The van der Waals surface area contributed by atoms with Crippen LogP contribution in [0, 0.1) is 5.92 Å². The lowest BCUT2D eigenvalue weighted by atomic mass is 9.96. The molecule has 2 rings (SSSR count). The topological polar surface area (TPSA) is 72.3 Å². The monoisotopic (exact) mass is 233 g/mol. The van der Waals surface area contributed by atoms with Crippen LogP contribution in [0.15, 0.2) is 24.3 Å². The number of fused-ring (bicyclic) bond motifs is 1. The normalized spacial score (nSPS) is 20.8. The van der Waals surface area contributed by atoms with Gasteiger partial charge in [-0.2, -0.15) is 0 Å². The highest BCUT2D eigenvalue weighted by Gasteiger charge is 2.24. The Hall–Kier alpha value is -1.55. The molecule has 0 fully saturated rings. The predicted octanol–water partition coefficient (Wildman–Crippen LogP) is 1.02. The SMILES string of the molecule is CC(CN1CCC(N)c2ccccc21)C(N)=O. The summed E-state index contributed by atoms with van der Waals surface area (Å²) in [7, 11) is 0. The van der Waals surface area contributed by atoms with Crippen LogP contribution in [0.5, 0.6) is 0 Å². The number of hydrogen-bond donors (Lipinski definition) is 2. The van der Waals surface area contributed by atoms with Gasteiger partial charge in [0.1, 0.15) is 0 Å². The zero-order valence-corrected chi connectivity index (χ0v) is 10.1. The largest absolute Gasteiger partial charge is 0.370 e. The molecular formula is C13H19N3O. The Bertz CT molecular complexity index is 419. The quantitative estimate of drug-likeness (QED) is 0.818. The smallest absolute Gasteiger partial charge is 0.222 e. The van der Waals surface area contributed by atoms with Gasteiger partial charge >= 0.3 is 0 Å². The van der Waals surface area contributed by atoms with Gasteiger partial charge in [-0.05, 0) is 18.1 Å². The lowest BCUT2D eigenvalue weighted by molar-refractivity contribution is -0.121. The minimum absolute atomic E-state index is 0.103. The van der Waals surface area contributed by atoms with Gasteiger partial charge in [-0.3, -0.25) is 4.79 Å². The van der Waals surface area contributed by atoms with Crippen LogP contribution in [0.2, 0.25) is 0 Å². The molecule has 1 amide bonds. The van der Waals surface area contributed by atoms with E-state index in [-0.39, 0.29) is 17.9 Å². The highest BCUT2D eigenvalue weighted by atomic mass is 16.1. The summed E-state index contributed by atoms with van der Waals surface area (Å²) in [4.78, 5) is 13.3. The highest BCUT2D eigenvalue weighted by molar-refractivity contribution is 5.77. The molecule has 2 unspecified atom stereocenters. The Kier molecular flexibility index (Phi) is 3.33. The Morgan fingerprint density at radius 3 is 2.94 bits per heavy atom. The number of nitrogens with zero attached hydrogens (tertiary/aromatic N) is 1. The molecule has 0 saturated heterocycles. The van der Waals surface area contributed by atoms with Crippen molar-refractivity contribution < 1.29 is 4.79 Å². The highest BCUT2D eigenvalue weighted by Crippen LogP contribution is 2.32. The average molecular weight is 233 g/mol. The maximum Gasteiger partial charge on any atom is 0.222 e.